The van der Waals surface area contributed by atoms with Gasteiger partial charge < -0.3 is 4.74 Å². The van der Waals surface area contributed by atoms with Gasteiger partial charge in [0.25, 0.3) is 0 Å². The van der Waals surface area contributed by atoms with Crippen LogP contribution < -0.4 is 0 Å². The molecule has 0 aromatic carbocycles. The molecule has 2 unspecified atom stereocenters. The van der Waals surface area contributed by atoms with E-state index in [0.29, 0.717) is 0 Å². The maximum Gasteiger partial charge on any atom is 0.335 e. The average Bonchev–Trinajstić information content (AvgIpc) is 1.98. The predicted molar refractivity (Wildman–Crippen MR) is 36.9 cm³/mol. The van der Waals surface area contributed by atoms with Crippen molar-refractivity contribution in [2.24, 2.45) is 0 Å². The van der Waals surface area contributed by atoms with E-state index in [-0.39, 0.29) is 6.61 Å². The second-order valence-electron chi connectivity index (χ2n) is 2.53. The second-order valence-corrected chi connectivity index (χ2v) is 2.53. The lowest BCUT2D eigenvalue weighted by Gasteiger charge is -2.26. The maximum absolute atomic E-state index is 12.5. The Hall–Kier alpha value is -0.390. The van der Waals surface area contributed by atoms with Crippen molar-refractivity contribution in [3.8, 4) is 0 Å². The van der Waals surface area contributed by atoms with Gasteiger partial charge in [0.1, 0.15) is 6.17 Å². The van der Waals surface area contributed by atoms with Crippen LogP contribution in [0.4, 0.5) is 22.0 Å². The molecule has 0 spiro atoms. The molecule has 0 N–H and O–H groups in total. The Balaban J connectivity index is 4.51. The largest absolute Gasteiger partial charge is 0.369 e. The summed E-state index contributed by atoms with van der Waals surface area (Å²) in [5.74, 6) is -4.44. The van der Waals surface area contributed by atoms with Gasteiger partial charge in [0.05, 0.1) is 0 Å². The van der Waals surface area contributed by atoms with Gasteiger partial charge in [-0.05, 0) is 13.8 Å². The third kappa shape index (κ3) is 3.10. The van der Waals surface area contributed by atoms with Gasteiger partial charge in [0, 0.05) is 6.61 Å². The summed E-state index contributed by atoms with van der Waals surface area (Å²) < 4.78 is 65.3. The van der Waals surface area contributed by atoms with Crippen molar-refractivity contribution in [1.29, 1.82) is 0 Å². The maximum atomic E-state index is 12.5. The summed E-state index contributed by atoms with van der Waals surface area (Å²) >= 11 is 0. The van der Waals surface area contributed by atoms with Gasteiger partial charge in [-0.15, -0.1) is 0 Å². The van der Waals surface area contributed by atoms with E-state index >= 15 is 0 Å². The molecule has 0 aliphatic rings. The van der Waals surface area contributed by atoms with E-state index in [2.05, 4.69) is 4.74 Å². The summed E-state index contributed by atoms with van der Waals surface area (Å²) in [6, 6.07) is 0. The number of hydrogen-bond acceptors (Lipinski definition) is 1. The van der Waals surface area contributed by atoms with Crippen LogP contribution in [0.5, 0.6) is 0 Å². The lowest BCUT2D eigenvalue weighted by Crippen LogP contribution is -2.47. The number of ether oxygens (including phenoxy) is 1. The van der Waals surface area contributed by atoms with Crippen molar-refractivity contribution < 1.29 is 26.7 Å². The molecule has 0 bridgehead atoms. The third-order valence-corrected chi connectivity index (χ3v) is 1.43. The van der Waals surface area contributed by atoms with Gasteiger partial charge in [0.2, 0.25) is 0 Å². The highest BCUT2D eigenvalue weighted by atomic mass is 19.3. The fourth-order valence-corrected chi connectivity index (χ4v) is 0.854. The molecule has 0 aromatic rings. The molecule has 2 atom stereocenters. The van der Waals surface area contributed by atoms with Crippen molar-refractivity contribution in [1.82, 2.24) is 0 Å². The molecule has 0 saturated carbocycles. The Kier molecular flexibility index (Phi) is 4.60. The molecule has 0 aromatic heterocycles. The smallest absolute Gasteiger partial charge is 0.335 e. The number of hydrogen-bond donors (Lipinski definition) is 0. The molecule has 0 saturated heterocycles. The lowest BCUT2D eigenvalue weighted by atomic mass is 10.1. The van der Waals surface area contributed by atoms with E-state index < -0.39 is 24.6 Å². The van der Waals surface area contributed by atoms with Gasteiger partial charge in [-0.3, -0.25) is 0 Å². The molecule has 0 aliphatic carbocycles. The summed E-state index contributed by atoms with van der Waals surface area (Å²) in [5, 5.41) is 0. The number of alkyl halides is 5. The molecular weight excluding hydrogens is 195 g/mol. The molecule has 0 radical (unpaired) electrons. The van der Waals surface area contributed by atoms with Crippen LogP contribution in [0, 0.1) is 0 Å². The van der Waals surface area contributed by atoms with Crippen LogP contribution in [0.25, 0.3) is 0 Å². The fourth-order valence-electron chi connectivity index (χ4n) is 0.854. The molecule has 0 rings (SSSR count). The second kappa shape index (κ2) is 4.74. The highest BCUT2D eigenvalue weighted by Gasteiger charge is 2.52. The van der Waals surface area contributed by atoms with Gasteiger partial charge in [-0.1, -0.05) is 0 Å². The van der Waals surface area contributed by atoms with Gasteiger partial charge in [0.15, 0.2) is 6.10 Å². The minimum absolute atomic E-state index is 0.235. The van der Waals surface area contributed by atoms with E-state index in [9.17, 15) is 22.0 Å². The molecule has 0 aliphatic heterocycles. The fraction of sp³-hybridized carbons (Fsp3) is 1.00. The first-order chi connectivity index (χ1) is 5.84. The van der Waals surface area contributed by atoms with Crippen molar-refractivity contribution >= 4 is 0 Å². The summed E-state index contributed by atoms with van der Waals surface area (Å²) in [6.45, 7) is 1.86. The molecule has 1 nitrogen and oxygen atoms in total. The third-order valence-electron chi connectivity index (χ3n) is 1.43. The molecular formula is C7H11F5O. The van der Waals surface area contributed by atoms with E-state index in [1.165, 1.54) is 6.92 Å². The zero-order valence-electron chi connectivity index (χ0n) is 7.24. The normalized spacial score (nSPS) is 17.5. The Bertz CT molecular complexity index is 148. The van der Waals surface area contributed by atoms with Crippen LogP contribution in [-0.4, -0.2) is 31.2 Å². The van der Waals surface area contributed by atoms with Gasteiger partial charge >= 0.3 is 12.3 Å². The first kappa shape index (κ1) is 12.6. The number of halogens is 5. The zero-order valence-corrected chi connectivity index (χ0v) is 7.24. The quantitative estimate of drug-likeness (QED) is 0.628. The minimum atomic E-state index is -4.44. The van der Waals surface area contributed by atoms with E-state index in [0.717, 1.165) is 6.92 Å². The van der Waals surface area contributed by atoms with Crippen molar-refractivity contribution in [2.75, 3.05) is 6.61 Å². The molecule has 0 fully saturated rings. The van der Waals surface area contributed by atoms with E-state index in [1.54, 1.807) is 0 Å². The average molecular weight is 206 g/mol. The summed E-state index contributed by atoms with van der Waals surface area (Å²) in [6.07, 6.45) is -8.43. The Labute approximate surface area is 72.9 Å². The highest BCUT2D eigenvalue weighted by molar-refractivity contribution is 4.84. The lowest BCUT2D eigenvalue weighted by molar-refractivity contribution is -0.220. The molecule has 13 heavy (non-hydrogen) atoms. The summed E-state index contributed by atoms with van der Waals surface area (Å²) in [7, 11) is 0. The topological polar surface area (TPSA) is 9.23 Å². The van der Waals surface area contributed by atoms with Crippen molar-refractivity contribution in [3.63, 3.8) is 0 Å². The van der Waals surface area contributed by atoms with Crippen LogP contribution in [0.3, 0.4) is 0 Å². The zero-order chi connectivity index (χ0) is 10.6. The van der Waals surface area contributed by atoms with E-state index in [1.807, 2.05) is 0 Å². The monoisotopic (exact) mass is 206 g/mol. The van der Waals surface area contributed by atoms with Crippen LogP contribution in [0.2, 0.25) is 0 Å². The van der Waals surface area contributed by atoms with Crippen molar-refractivity contribution in [2.45, 2.75) is 38.5 Å². The Morgan fingerprint density at radius 3 is 1.92 bits per heavy atom. The van der Waals surface area contributed by atoms with E-state index in [4.69, 9.17) is 0 Å². The van der Waals surface area contributed by atoms with Crippen LogP contribution in [-0.2, 0) is 4.74 Å². The minimum Gasteiger partial charge on any atom is -0.369 e. The van der Waals surface area contributed by atoms with Crippen molar-refractivity contribution in [3.05, 3.63) is 0 Å². The number of rotatable bonds is 5. The Morgan fingerprint density at radius 1 is 1.23 bits per heavy atom. The molecule has 6 heteroatoms. The SMILES string of the molecule is CCOC(C(C)F)C(F)(F)C(F)F. The summed E-state index contributed by atoms with van der Waals surface area (Å²) in [5.41, 5.74) is 0. The first-order valence-corrected chi connectivity index (χ1v) is 3.75. The first-order valence-electron chi connectivity index (χ1n) is 3.75. The van der Waals surface area contributed by atoms with Crippen LogP contribution in [0.15, 0.2) is 0 Å². The molecule has 0 amide bonds. The highest BCUT2D eigenvalue weighted by Crippen LogP contribution is 2.31. The predicted octanol–water partition coefficient (Wildman–Crippen LogP) is 2.65. The molecule has 80 valence electrons. The molecule has 0 heterocycles. The summed E-state index contributed by atoms with van der Waals surface area (Å²) in [4.78, 5) is 0. The van der Waals surface area contributed by atoms with Crippen LogP contribution in [0.1, 0.15) is 13.8 Å². The Morgan fingerprint density at radius 2 is 1.69 bits per heavy atom. The van der Waals surface area contributed by atoms with Gasteiger partial charge in [-0.25, -0.2) is 13.2 Å². The van der Waals surface area contributed by atoms with Gasteiger partial charge in [-0.2, -0.15) is 8.78 Å². The van der Waals surface area contributed by atoms with Crippen LogP contribution >= 0.6 is 0 Å². The standard InChI is InChI=1S/C7H11F5O/c1-3-13-5(4(2)8)7(11,12)6(9)10/h4-6H,3H2,1-2H3.